The fraction of sp³-hybridized carbons (Fsp3) is 0.632. The molecule has 3 rings (SSSR count). The van der Waals surface area contributed by atoms with Gasteiger partial charge in [0.05, 0.1) is 12.6 Å². The van der Waals surface area contributed by atoms with Gasteiger partial charge in [-0.2, -0.15) is 0 Å². The minimum absolute atomic E-state index is 0.0240. The van der Waals surface area contributed by atoms with E-state index in [2.05, 4.69) is 15.6 Å². The Hall–Kier alpha value is -1.78. The second-order valence-corrected chi connectivity index (χ2v) is 7.04. The fourth-order valence-electron chi connectivity index (χ4n) is 2.68. The largest absolute Gasteiger partial charge is 0.490 e. The molecule has 0 bridgehead atoms. The van der Waals surface area contributed by atoms with Gasteiger partial charge in [0.1, 0.15) is 0 Å². The number of benzene rings is 1. The van der Waals surface area contributed by atoms with E-state index in [9.17, 15) is 4.39 Å². The summed E-state index contributed by atoms with van der Waals surface area (Å²) in [5.41, 5.74) is 0.886. The van der Waals surface area contributed by atoms with Crippen molar-refractivity contribution in [3.63, 3.8) is 0 Å². The summed E-state index contributed by atoms with van der Waals surface area (Å²) in [7, 11) is 1.76. The van der Waals surface area contributed by atoms with Crippen LogP contribution in [0, 0.1) is 17.7 Å². The smallest absolute Gasteiger partial charge is 0.191 e. The van der Waals surface area contributed by atoms with Crippen LogP contribution < -0.4 is 15.4 Å². The molecule has 2 saturated carbocycles. The Morgan fingerprint density at radius 3 is 2.67 bits per heavy atom. The Bertz CT molecular complexity index is 582. The van der Waals surface area contributed by atoms with Crippen LogP contribution in [0.4, 0.5) is 4.39 Å². The van der Waals surface area contributed by atoms with Crippen molar-refractivity contribution >= 4 is 5.96 Å². The maximum atomic E-state index is 14.2. The van der Waals surface area contributed by atoms with E-state index in [-0.39, 0.29) is 11.9 Å². The van der Waals surface area contributed by atoms with Gasteiger partial charge in [-0.3, -0.25) is 4.99 Å². The van der Waals surface area contributed by atoms with Gasteiger partial charge < -0.3 is 15.4 Å². The third-order valence-electron chi connectivity index (χ3n) is 4.75. The number of nitrogens with one attached hydrogen (secondary N) is 2. The predicted molar refractivity (Wildman–Crippen MR) is 94.9 cm³/mol. The lowest BCUT2D eigenvalue weighted by molar-refractivity contribution is 0.285. The highest BCUT2D eigenvalue weighted by Crippen LogP contribution is 2.32. The molecule has 1 atom stereocenters. The molecule has 1 aromatic carbocycles. The first-order chi connectivity index (χ1) is 11.7. The Balaban J connectivity index is 1.50. The van der Waals surface area contributed by atoms with Crippen LogP contribution in [0.5, 0.6) is 5.75 Å². The van der Waals surface area contributed by atoms with Gasteiger partial charge in [0.15, 0.2) is 17.5 Å². The van der Waals surface area contributed by atoms with Gasteiger partial charge in [-0.15, -0.1) is 0 Å². The van der Waals surface area contributed by atoms with E-state index in [1.807, 2.05) is 13.0 Å². The lowest BCUT2D eigenvalue weighted by atomic mass is 10.1. The van der Waals surface area contributed by atoms with Crippen molar-refractivity contribution in [1.29, 1.82) is 0 Å². The molecule has 24 heavy (non-hydrogen) atoms. The van der Waals surface area contributed by atoms with E-state index in [0.29, 0.717) is 18.3 Å². The van der Waals surface area contributed by atoms with Crippen molar-refractivity contribution in [2.75, 3.05) is 20.2 Å². The number of hydrogen-bond acceptors (Lipinski definition) is 2. The van der Waals surface area contributed by atoms with Crippen LogP contribution in [0.1, 0.15) is 50.6 Å². The summed E-state index contributed by atoms with van der Waals surface area (Å²) in [6, 6.07) is 5.18. The van der Waals surface area contributed by atoms with E-state index in [1.165, 1.54) is 32.1 Å². The summed E-state index contributed by atoms with van der Waals surface area (Å²) in [5, 5.41) is 6.64. The van der Waals surface area contributed by atoms with Crippen molar-refractivity contribution in [1.82, 2.24) is 10.6 Å². The van der Waals surface area contributed by atoms with Crippen LogP contribution in [0.25, 0.3) is 0 Å². The van der Waals surface area contributed by atoms with E-state index in [4.69, 9.17) is 4.74 Å². The van der Waals surface area contributed by atoms with Crippen LogP contribution in [0.2, 0.25) is 0 Å². The van der Waals surface area contributed by atoms with Crippen molar-refractivity contribution in [2.45, 2.75) is 45.1 Å². The highest BCUT2D eigenvalue weighted by Gasteiger charge is 2.23. The Kier molecular flexibility index (Phi) is 5.59. The summed E-state index contributed by atoms with van der Waals surface area (Å²) in [5.74, 6) is 2.33. The van der Waals surface area contributed by atoms with E-state index in [0.717, 1.165) is 24.0 Å². The molecule has 2 aliphatic rings. The summed E-state index contributed by atoms with van der Waals surface area (Å²) >= 11 is 0. The molecule has 1 aromatic rings. The maximum Gasteiger partial charge on any atom is 0.191 e. The highest BCUT2D eigenvalue weighted by atomic mass is 19.1. The maximum absolute atomic E-state index is 14.2. The molecule has 0 spiro atoms. The summed E-state index contributed by atoms with van der Waals surface area (Å²) < 4.78 is 19.7. The van der Waals surface area contributed by atoms with Gasteiger partial charge in [-0.25, -0.2) is 4.39 Å². The molecule has 132 valence electrons. The number of guanidine groups is 1. The second kappa shape index (κ2) is 7.86. The molecule has 1 unspecified atom stereocenters. The molecule has 4 nitrogen and oxygen atoms in total. The number of rotatable bonds is 8. The number of hydrogen-bond donors (Lipinski definition) is 2. The van der Waals surface area contributed by atoms with Gasteiger partial charge >= 0.3 is 0 Å². The molecular formula is C19H28FN3O. The quantitative estimate of drug-likeness (QED) is 0.564. The van der Waals surface area contributed by atoms with Crippen molar-refractivity contribution < 1.29 is 9.13 Å². The van der Waals surface area contributed by atoms with Crippen LogP contribution >= 0.6 is 0 Å². The van der Waals surface area contributed by atoms with Crippen molar-refractivity contribution in [2.24, 2.45) is 16.8 Å². The third-order valence-corrected chi connectivity index (χ3v) is 4.75. The van der Waals surface area contributed by atoms with Gasteiger partial charge in [-0.1, -0.05) is 18.9 Å². The third kappa shape index (κ3) is 5.11. The first-order valence-electron chi connectivity index (χ1n) is 9.05. The SMILES string of the molecule is CN=C(NCCC1CC1)NC(C)c1ccc(OCC2CC2)c(F)c1. The summed E-state index contributed by atoms with van der Waals surface area (Å²) in [4.78, 5) is 4.24. The topological polar surface area (TPSA) is 45.7 Å². The minimum atomic E-state index is -0.293. The first kappa shape index (κ1) is 17.1. The molecule has 2 N–H and O–H groups in total. The predicted octanol–water partition coefficient (Wildman–Crippen LogP) is 3.64. The van der Waals surface area contributed by atoms with Gasteiger partial charge in [0.2, 0.25) is 0 Å². The molecule has 5 heteroatoms. The zero-order chi connectivity index (χ0) is 16.9. The van der Waals surface area contributed by atoms with Crippen LogP contribution in [0.3, 0.4) is 0 Å². The van der Waals surface area contributed by atoms with Gasteiger partial charge in [0, 0.05) is 13.6 Å². The molecular weight excluding hydrogens is 305 g/mol. The molecule has 2 fully saturated rings. The van der Waals surface area contributed by atoms with Crippen molar-refractivity contribution in [3.05, 3.63) is 29.6 Å². The molecule has 0 heterocycles. The fourth-order valence-corrected chi connectivity index (χ4v) is 2.68. The van der Waals surface area contributed by atoms with Crippen LogP contribution in [-0.4, -0.2) is 26.2 Å². The number of ether oxygens (including phenoxy) is 1. The molecule has 0 radical (unpaired) electrons. The highest BCUT2D eigenvalue weighted by molar-refractivity contribution is 5.80. The Labute approximate surface area is 143 Å². The monoisotopic (exact) mass is 333 g/mol. The molecule has 0 saturated heterocycles. The lowest BCUT2D eigenvalue weighted by Crippen LogP contribution is -2.39. The first-order valence-corrected chi connectivity index (χ1v) is 9.05. The normalized spacial score (nSPS) is 19.0. The molecule has 2 aliphatic carbocycles. The number of halogens is 1. The van der Waals surface area contributed by atoms with Crippen LogP contribution in [0.15, 0.2) is 23.2 Å². The van der Waals surface area contributed by atoms with Crippen LogP contribution in [-0.2, 0) is 0 Å². The summed E-state index contributed by atoms with van der Waals surface area (Å²) in [6.07, 6.45) is 6.31. The lowest BCUT2D eigenvalue weighted by Gasteiger charge is -2.19. The minimum Gasteiger partial charge on any atom is -0.490 e. The number of nitrogens with zero attached hydrogens (tertiary/aromatic N) is 1. The average Bonchev–Trinajstić information content (AvgIpc) is 3.46. The Morgan fingerprint density at radius 1 is 1.29 bits per heavy atom. The second-order valence-electron chi connectivity index (χ2n) is 7.04. The Morgan fingerprint density at radius 2 is 2.04 bits per heavy atom. The zero-order valence-corrected chi connectivity index (χ0v) is 14.6. The van der Waals surface area contributed by atoms with Gasteiger partial charge in [-0.05, 0) is 55.7 Å². The van der Waals surface area contributed by atoms with E-state index >= 15 is 0 Å². The van der Waals surface area contributed by atoms with E-state index < -0.39 is 0 Å². The molecule has 0 aliphatic heterocycles. The van der Waals surface area contributed by atoms with E-state index in [1.54, 1.807) is 19.2 Å². The molecule has 0 amide bonds. The van der Waals surface area contributed by atoms with Gasteiger partial charge in [0.25, 0.3) is 0 Å². The zero-order valence-electron chi connectivity index (χ0n) is 14.6. The standard InChI is InChI=1S/C19H28FN3O/c1-13(23-19(21-2)22-10-9-14-3-4-14)16-7-8-18(17(20)11-16)24-12-15-5-6-15/h7-8,11,13-15H,3-6,9-10,12H2,1-2H3,(H2,21,22,23). The number of aliphatic imine (C=N–C) groups is 1. The van der Waals surface area contributed by atoms with Crippen molar-refractivity contribution in [3.8, 4) is 5.75 Å². The summed E-state index contributed by atoms with van der Waals surface area (Å²) in [6.45, 7) is 3.56. The molecule has 0 aromatic heterocycles. The average molecular weight is 333 g/mol.